The van der Waals surface area contributed by atoms with Crippen molar-refractivity contribution < 1.29 is 19.2 Å². The number of hydrogen-bond acceptors (Lipinski definition) is 4. The van der Waals surface area contributed by atoms with Gasteiger partial charge in [0.05, 0.1) is 22.3 Å². The Bertz CT molecular complexity index is 754. The molecule has 4 amide bonds. The van der Waals surface area contributed by atoms with Crippen molar-refractivity contribution in [2.24, 2.45) is 0 Å². The van der Waals surface area contributed by atoms with Gasteiger partial charge in [-0.05, 0) is 24.3 Å². The van der Waals surface area contributed by atoms with Gasteiger partial charge in [-0.25, -0.2) is 0 Å². The summed E-state index contributed by atoms with van der Waals surface area (Å²) in [7, 11) is 0. The van der Waals surface area contributed by atoms with E-state index in [0.29, 0.717) is 10.0 Å². The van der Waals surface area contributed by atoms with E-state index in [1.165, 1.54) is 24.3 Å². The first-order valence-corrected chi connectivity index (χ1v) is 6.57. The Morgan fingerprint density at radius 2 is 0.667 bits per heavy atom. The molecular formula is C16H10K2N2O4. The van der Waals surface area contributed by atoms with E-state index in [1.54, 1.807) is 24.3 Å². The molecule has 0 N–H and O–H groups in total. The first-order chi connectivity index (χ1) is 10.6. The molecule has 0 radical (unpaired) electrons. The molecule has 0 atom stereocenters. The predicted octanol–water partition coefficient (Wildman–Crippen LogP) is 0.197. The Kier molecular flexibility index (Phi) is 6.52. The van der Waals surface area contributed by atoms with Crippen molar-refractivity contribution in [3.63, 3.8) is 0 Å². The van der Waals surface area contributed by atoms with Crippen LogP contribution in [0.25, 0.3) is 0 Å². The number of hydrazine groups is 1. The average Bonchev–Trinajstić information content (AvgIpc) is 2.94. The zero-order valence-electron chi connectivity index (χ0n) is 11.1. The monoisotopic (exact) mass is 372 g/mol. The van der Waals surface area contributed by atoms with E-state index in [9.17, 15) is 19.2 Å². The van der Waals surface area contributed by atoms with E-state index < -0.39 is 23.6 Å². The Labute approximate surface area is 222 Å². The molecular weight excluding hydrogens is 362 g/mol. The minimum absolute atomic E-state index is 0. The van der Waals surface area contributed by atoms with Crippen molar-refractivity contribution in [1.29, 1.82) is 0 Å². The second-order valence-electron chi connectivity index (χ2n) is 4.94. The zero-order valence-corrected chi connectivity index (χ0v) is 11.1. The van der Waals surface area contributed by atoms with Gasteiger partial charge in [0.25, 0.3) is 23.6 Å². The molecule has 6 nitrogen and oxygen atoms in total. The fourth-order valence-corrected chi connectivity index (χ4v) is 2.72. The number of rotatable bonds is 1. The van der Waals surface area contributed by atoms with E-state index >= 15 is 0 Å². The Balaban J connectivity index is 0.00000104. The van der Waals surface area contributed by atoms with Crippen LogP contribution < -0.4 is 0 Å². The number of imide groups is 2. The van der Waals surface area contributed by atoms with E-state index in [2.05, 4.69) is 0 Å². The topological polar surface area (TPSA) is 74.8 Å². The van der Waals surface area contributed by atoms with Crippen LogP contribution in [0.15, 0.2) is 48.5 Å². The van der Waals surface area contributed by atoms with Crippen LogP contribution in [0.3, 0.4) is 0 Å². The molecule has 0 bridgehead atoms. The molecule has 0 unspecified atom stereocenters. The van der Waals surface area contributed by atoms with Crippen molar-refractivity contribution in [1.82, 2.24) is 10.0 Å². The average molecular weight is 372 g/mol. The summed E-state index contributed by atoms with van der Waals surface area (Å²) in [4.78, 5) is 49.6. The first kappa shape index (κ1) is 20.3. The van der Waals surface area contributed by atoms with Crippen LogP contribution in [0.5, 0.6) is 0 Å². The Morgan fingerprint density at radius 1 is 0.458 bits per heavy atom. The van der Waals surface area contributed by atoms with Crippen molar-refractivity contribution in [3.8, 4) is 0 Å². The summed E-state index contributed by atoms with van der Waals surface area (Å²) in [6, 6.07) is 12.5. The SMILES string of the molecule is O=C1c2ccccc2C(=O)N1N1C(=O)c2ccccc2C1=O.[KH].[KH]. The number of carbonyl (C=O) groups excluding carboxylic acids is 4. The van der Waals surface area contributed by atoms with Gasteiger partial charge >= 0.3 is 103 Å². The summed E-state index contributed by atoms with van der Waals surface area (Å²) < 4.78 is 0. The fourth-order valence-electron chi connectivity index (χ4n) is 2.72. The van der Waals surface area contributed by atoms with Gasteiger partial charge in [0.15, 0.2) is 0 Å². The molecule has 2 aliphatic rings. The van der Waals surface area contributed by atoms with Crippen LogP contribution in [-0.4, -0.2) is 136 Å². The van der Waals surface area contributed by atoms with Crippen LogP contribution in [-0.2, 0) is 0 Å². The maximum absolute atomic E-state index is 12.4. The molecule has 110 valence electrons. The molecule has 4 rings (SSSR count). The van der Waals surface area contributed by atoms with E-state index in [1.807, 2.05) is 0 Å². The number of hydrogen-bond donors (Lipinski definition) is 0. The molecule has 0 spiro atoms. The van der Waals surface area contributed by atoms with Crippen molar-refractivity contribution in [2.45, 2.75) is 0 Å². The number of nitrogens with zero attached hydrogens (tertiary/aromatic N) is 2. The molecule has 0 saturated carbocycles. The minimum atomic E-state index is -0.671. The number of carbonyl (C=O) groups is 4. The molecule has 2 aliphatic heterocycles. The maximum atomic E-state index is 12.4. The third-order valence-corrected chi connectivity index (χ3v) is 3.75. The molecule has 2 heterocycles. The van der Waals surface area contributed by atoms with Gasteiger partial charge in [-0.1, -0.05) is 24.3 Å². The molecule has 24 heavy (non-hydrogen) atoms. The summed E-state index contributed by atoms with van der Waals surface area (Å²) in [6.07, 6.45) is 0. The van der Waals surface area contributed by atoms with Gasteiger partial charge in [0.1, 0.15) is 0 Å². The van der Waals surface area contributed by atoms with Gasteiger partial charge in [-0.15, -0.1) is 0 Å². The molecule has 0 saturated heterocycles. The van der Waals surface area contributed by atoms with E-state index in [-0.39, 0.29) is 125 Å². The summed E-state index contributed by atoms with van der Waals surface area (Å²) in [5, 5.41) is 1.24. The molecule has 2 aromatic rings. The zero-order chi connectivity index (χ0) is 15.4. The van der Waals surface area contributed by atoms with Crippen molar-refractivity contribution in [3.05, 3.63) is 70.8 Å². The third kappa shape index (κ3) is 2.88. The van der Waals surface area contributed by atoms with E-state index in [0.717, 1.165) is 0 Å². The second kappa shape index (κ2) is 7.70. The molecule has 8 heteroatoms. The van der Waals surface area contributed by atoms with E-state index in [4.69, 9.17) is 0 Å². The van der Waals surface area contributed by atoms with Gasteiger partial charge in [-0.3, -0.25) is 19.2 Å². The van der Waals surface area contributed by atoms with Gasteiger partial charge in [-0.2, -0.15) is 10.0 Å². The predicted molar refractivity (Wildman–Crippen MR) is 88.2 cm³/mol. The molecule has 0 fully saturated rings. The molecule has 0 aromatic heterocycles. The molecule has 2 aromatic carbocycles. The Morgan fingerprint density at radius 3 is 0.875 bits per heavy atom. The number of fused-ring (bicyclic) bond motifs is 2. The van der Waals surface area contributed by atoms with Crippen LogP contribution in [0.4, 0.5) is 0 Å². The van der Waals surface area contributed by atoms with Gasteiger partial charge in [0.2, 0.25) is 0 Å². The Hall–Kier alpha value is -0.00727. The standard InChI is InChI=1S/C16H8N2O4.2K.2H/c19-13-9-5-1-2-6-10(9)14(20)17(13)18-15(21)11-7-3-4-8-12(11)16(18)22;;;;/h1-8H;;;;. The first-order valence-electron chi connectivity index (χ1n) is 6.57. The molecule has 0 aliphatic carbocycles. The summed E-state index contributed by atoms with van der Waals surface area (Å²) in [5.41, 5.74) is 0.737. The second-order valence-corrected chi connectivity index (χ2v) is 4.94. The number of amides is 4. The van der Waals surface area contributed by atoms with Gasteiger partial charge < -0.3 is 0 Å². The van der Waals surface area contributed by atoms with Crippen molar-refractivity contribution >= 4 is 126 Å². The third-order valence-electron chi connectivity index (χ3n) is 3.75. The van der Waals surface area contributed by atoms with Crippen LogP contribution >= 0.6 is 0 Å². The summed E-state index contributed by atoms with van der Waals surface area (Å²) in [6.45, 7) is 0. The van der Waals surface area contributed by atoms with Crippen LogP contribution in [0.1, 0.15) is 41.4 Å². The van der Waals surface area contributed by atoms with Crippen LogP contribution in [0.2, 0.25) is 0 Å². The number of benzene rings is 2. The van der Waals surface area contributed by atoms with Crippen LogP contribution in [0, 0.1) is 0 Å². The normalized spacial score (nSPS) is 15.0. The van der Waals surface area contributed by atoms with Gasteiger partial charge in [0, 0.05) is 0 Å². The van der Waals surface area contributed by atoms with Crippen molar-refractivity contribution in [2.75, 3.05) is 0 Å². The fraction of sp³-hybridized carbons (Fsp3) is 0. The quantitative estimate of drug-likeness (QED) is 0.529. The summed E-state index contributed by atoms with van der Waals surface area (Å²) in [5.74, 6) is -2.68. The summed E-state index contributed by atoms with van der Waals surface area (Å²) >= 11 is 0.